The number of carbonyl (C=O) groups is 1. The molecule has 1 fully saturated rings. The highest BCUT2D eigenvalue weighted by Gasteiger charge is 2.32. The number of rotatable bonds is 4. The summed E-state index contributed by atoms with van der Waals surface area (Å²) in [6.07, 6.45) is 1.73. The van der Waals surface area contributed by atoms with Crippen molar-refractivity contribution in [3.05, 3.63) is 58.6 Å². The first kappa shape index (κ1) is 21.9. The lowest BCUT2D eigenvalue weighted by Gasteiger charge is -2.29. The highest BCUT2D eigenvalue weighted by atomic mass is 32.2. The van der Waals surface area contributed by atoms with E-state index in [1.54, 1.807) is 0 Å². The third-order valence-electron chi connectivity index (χ3n) is 5.75. The molecule has 164 valence electrons. The van der Waals surface area contributed by atoms with Crippen molar-refractivity contribution in [2.45, 2.75) is 31.1 Å². The molecular weight excluding hydrogens is 437 g/mol. The zero-order valence-corrected chi connectivity index (χ0v) is 19.0. The second-order valence-corrected chi connectivity index (χ2v) is 10.6. The topological polar surface area (TPSA) is 71.7 Å². The number of aryl methyl sites for hydroxylation is 2. The maximum absolute atomic E-state index is 13.1. The average Bonchev–Trinajstić information content (AvgIpc) is 3.09. The number of para-hydroxylation sites is 1. The highest BCUT2D eigenvalue weighted by molar-refractivity contribution is 7.89. The van der Waals surface area contributed by atoms with Crippen LogP contribution in [0.3, 0.4) is 0 Å². The lowest BCUT2D eigenvalue weighted by Crippen LogP contribution is -2.40. The van der Waals surface area contributed by atoms with Gasteiger partial charge < -0.3 is 4.57 Å². The summed E-state index contributed by atoms with van der Waals surface area (Å²) in [5, 5.41) is 0. The zero-order chi connectivity index (χ0) is 22.2. The van der Waals surface area contributed by atoms with Crippen LogP contribution in [0, 0.1) is 11.7 Å². The number of nitrogens with zero attached hydrogens (tertiary/aromatic N) is 3. The van der Waals surface area contributed by atoms with Crippen LogP contribution in [-0.4, -0.2) is 36.3 Å². The monoisotopic (exact) mass is 461 g/mol. The fourth-order valence-electron chi connectivity index (χ4n) is 3.96. The van der Waals surface area contributed by atoms with E-state index in [-0.39, 0.29) is 29.8 Å². The Morgan fingerprint density at radius 2 is 1.84 bits per heavy atom. The van der Waals surface area contributed by atoms with Crippen molar-refractivity contribution >= 4 is 37.5 Å². The number of carbonyl (C=O) groups excluding carboxylic acids is 1. The van der Waals surface area contributed by atoms with Gasteiger partial charge in [-0.3, -0.25) is 4.79 Å². The first-order valence-electron chi connectivity index (χ1n) is 10.2. The van der Waals surface area contributed by atoms with Gasteiger partial charge in [0.25, 0.3) is 5.91 Å². The van der Waals surface area contributed by atoms with Crippen molar-refractivity contribution in [3.63, 3.8) is 0 Å². The minimum absolute atomic E-state index is 0.0624. The summed E-state index contributed by atoms with van der Waals surface area (Å²) < 4.78 is 43.1. The Kier molecular flexibility index (Phi) is 6.09. The molecule has 3 aromatic rings. The fourth-order valence-corrected chi connectivity index (χ4v) is 6.50. The van der Waals surface area contributed by atoms with Gasteiger partial charge in [-0.25, -0.2) is 12.8 Å². The molecule has 1 aliphatic rings. The van der Waals surface area contributed by atoms with E-state index in [4.69, 9.17) is 0 Å². The van der Waals surface area contributed by atoms with Crippen LogP contribution in [0.1, 0.15) is 25.3 Å². The number of hydrogen-bond acceptors (Lipinski definition) is 4. The quantitative estimate of drug-likeness (QED) is 0.597. The Labute approximate surface area is 184 Å². The van der Waals surface area contributed by atoms with Gasteiger partial charge in [0.1, 0.15) is 5.82 Å². The van der Waals surface area contributed by atoms with Crippen LogP contribution < -0.4 is 4.80 Å². The van der Waals surface area contributed by atoms with Gasteiger partial charge in [-0.2, -0.15) is 9.30 Å². The van der Waals surface area contributed by atoms with Gasteiger partial charge in [-0.15, -0.1) is 0 Å². The summed E-state index contributed by atoms with van der Waals surface area (Å²) in [6.45, 7) is 2.58. The number of piperidine rings is 1. The lowest BCUT2D eigenvalue weighted by atomic mass is 9.98. The Balaban J connectivity index is 1.51. The first-order chi connectivity index (χ1) is 14.8. The summed E-state index contributed by atoms with van der Waals surface area (Å²) in [5.41, 5.74) is 2.31. The number of hydrogen-bond donors (Lipinski definition) is 0. The Morgan fingerprint density at radius 1 is 1.16 bits per heavy atom. The zero-order valence-electron chi connectivity index (χ0n) is 17.4. The molecule has 0 N–H and O–H groups in total. The van der Waals surface area contributed by atoms with Gasteiger partial charge in [-0.05, 0) is 55.2 Å². The van der Waals surface area contributed by atoms with Crippen LogP contribution >= 0.6 is 11.3 Å². The van der Waals surface area contributed by atoms with Crippen molar-refractivity contribution in [2.24, 2.45) is 18.0 Å². The molecular formula is C22H24FN3O3S2. The van der Waals surface area contributed by atoms with Crippen molar-refractivity contribution in [1.82, 2.24) is 8.87 Å². The number of sulfonamides is 1. The van der Waals surface area contributed by atoms with Crippen LogP contribution in [0.15, 0.2) is 52.4 Å². The Morgan fingerprint density at radius 3 is 2.48 bits per heavy atom. The summed E-state index contributed by atoms with van der Waals surface area (Å²) in [5.74, 6) is -1.00. The molecule has 9 heteroatoms. The van der Waals surface area contributed by atoms with E-state index in [0.717, 1.165) is 28.8 Å². The average molecular weight is 462 g/mol. The molecule has 0 aliphatic carbocycles. The third-order valence-corrected chi connectivity index (χ3v) is 8.76. The van der Waals surface area contributed by atoms with Gasteiger partial charge >= 0.3 is 0 Å². The molecule has 1 aromatic heterocycles. The highest BCUT2D eigenvalue weighted by Crippen LogP contribution is 2.25. The predicted octanol–water partition coefficient (Wildman–Crippen LogP) is 3.47. The largest absolute Gasteiger partial charge is 0.319 e. The maximum Gasteiger partial charge on any atom is 0.251 e. The molecule has 0 saturated carbocycles. The van der Waals surface area contributed by atoms with Gasteiger partial charge in [0.15, 0.2) is 4.80 Å². The summed E-state index contributed by atoms with van der Waals surface area (Å²) in [4.78, 5) is 17.9. The molecule has 1 amide bonds. The maximum atomic E-state index is 13.1. The summed E-state index contributed by atoms with van der Waals surface area (Å²) in [6, 6.07) is 10.9. The van der Waals surface area contributed by atoms with E-state index < -0.39 is 15.8 Å². The first-order valence-corrected chi connectivity index (χ1v) is 12.5. The second kappa shape index (κ2) is 8.64. The molecule has 0 bridgehead atoms. The number of amides is 1. The molecule has 0 spiro atoms. The number of thiazole rings is 1. The van der Waals surface area contributed by atoms with Crippen molar-refractivity contribution in [2.75, 3.05) is 13.1 Å². The van der Waals surface area contributed by atoms with Crippen LogP contribution in [0.25, 0.3) is 10.2 Å². The SMILES string of the molecule is CCc1cccc2sc(=NC(=O)C3CCN(S(=O)(=O)c4ccc(F)cc4)CC3)n(C)c12. The van der Waals surface area contributed by atoms with E-state index in [9.17, 15) is 17.6 Å². The van der Waals surface area contributed by atoms with Crippen LogP contribution in [0.2, 0.25) is 0 Å². The van der Waals surface area contributed by atoms with Crippen LogP contribution in [0.5, 0.6) is 0 Å². The van der Waals surface area contributed by atoms with E-state index in [1.807, 2.05) is 23.7 Å². The van der Waals surface area contributed by atoms with Gasteiger partial charge in [0.05, 0.1) is 15.1 Å². The van der Waals surface area contributed by atoms with E-state index in [1.165, 1.54) is 33.3 Å². The molecule has 1 aliphatic heterocycles. The lowest BCUT2D eigenvalue weighted by molar-refractivity contribution is -0.122. The smallest absolute Gasteiger partial charge is 0.251 e. The van der Waals surface area contributed by atoms with Gasteiger partial charge in [0.2, 0.25) is 10.0 Å². The van der Waals surface area contributed by atoms with Crippen molar-refractivity contribution < 1.29 is 17.6 Å². The minimum Gasteiger partial charge on any atom is -0.319 e. The van der Waals surface area contributed by atoms with Crippen molar-refractivity contribution in [3.8, 4) is 0 Å². The second-order valence-electron chi connectivity index (χ2n) is 7.64. The summed E-state index contributed by atoms with van der Waals surface area (Å²) >= 11 is 1.49. The number of halogens is 1. The predicted molar refractivity (Wildman–Crippen MR) is 119 cm³/mol. The molecule has 1 saturated heterocycles. The van der Waals surface area contributed by atoms with Gasteiger partial charge in [-0.1, -0.05) is 30.4 Å². The summed E-state index contributed by atoms with van der Waals surface area (Å²) in [7, 11) is -1.78. The Bertz CT molecular complexity index is 1290. The molecule has 0 atom stereocenters. The number of aromatic nitrogens is 1. The van der Waals surface area contributed by atoms with E-state index in [0.29, 0.717) is 17.6 Å². The minimum atomic E-state index is -3.70. The van der Waals surface area contributed by atoms with Gasteiger partial charge in [0, 0.05) is 26.1 Å². The molecule has 0 radical (unpaired) electrons. The molecule has 6 nitrogen and oxygen atoms in total. The van der Waals surface area contributed by atoms with Crippen molar-refractivity contribution in [1.29, 1.82) is 0 Å². The molecule has 2 aromatic carbocycles. The van der Waals surface area contributed by atoms with Crippen LogP contribution in [-0.2, 0) is 28.3 Å². The number of fused-ring (bicyclic) bond motifs is 1. The molecule has 4 rings (SSSR count). The van der Waals surface area contributed by atoms with Crippen LogP contribution in [0.4, 0.5) is 4.39 Å². The standard InChI is InChI=1S/C22H24FN3O3S2/c1-3-15-5-4-6-19-20(15)25(2)22(30-19)24-21(27)16-11-13-26(14-12-16)31(28,29)18-9-7-17(23)8-10-18/h4-10,16H,3,11-14H2,1-2H3. The third kappa shape index (κ3) is 4.22. The molecule has 0 unspecified atom stereocenters. The fraction of sp³-hybridized carbons (Fsp3) is 0.364. The van der Waals surface area contributed by atoms with E-state index >= 15 is 0 Å². The molecule has 2 heterocycles. The van der Waals surface area contributed by atoms with E-state index in [2.05, 4.69) is 18.0 Å². The normalized spacial score (nSPS) is 16.8. The number of benzene rings is 2. The Hall–Kier alpha value is -2.36. The molecule has 31 heavy (non-hydrogen) atoms.